The topological polar surface area (TPSA) is 80.5 Å². The van der Waals surface area contributed by atoms with Crippen molar-refractivity contribution in [3.05, 3.63) is 23.9 Å². The number of carbonyl (C=O) groups is 1. The van der Waals surface area contributed by atoms with E-state index in [9.17, 15) is 4.79 Å². The molecule has 1 aromatic rings. The Kier molecular flexibility index (Phi) is 4.03. The zero-order chi connectivity index (χ0) is 14.8. The van der Waals surface area contributed by atoms with Crippen LogP contribution in [0.5, 0.6) is 0 Å². The van der Waals surface area contributed by atoms with Crippen molar-refractivity contribution >= 4 is 28.9 Å². The van der Waals surface area contributed by atoms with Crippen LogP contribution in [0.15, 0.2) is 18.3 Å². The normalized spacial score (nSPS) is 21.9. The average molecular weight is 306 g/mol. The molecule has 1 saturated carbocycles. The molecule has 0 spiro atoms. The number of anilines is 1. The molecule has 112 valence electrons. The van der Waals surface area contributed by atoms with Gasteiger partial charge in [0.15, 0.2) is 0 Å². The molecule has 0 bridgehead atoms. The van der Waals surface area contributed by atoms with Gasteiger partial charge >= 0.3 is 0 Å². The first-order valence-corrected chi connectivity index (χ1v) is 7.46. The molecule has 1 unspecified atom stereocenters. The van der Waals surface area contributed by atoms with Gasteiger partial charge in [-0.05, 0) is 25.0 Å². The highest BCUT2D eigenvalue weighted by atomic mass is 32.1. The number of hydrogen-bond acceptors (Lipinski definition) is 5. The molecule has 3 N–H and O–H groups in total. The lowest BCUT2D eigenvalue weighted by molar-refractivity contribution is -0.124. The van der Waals surface area contributed by atoms with Crippen molar-refractivity contribution in [2.45, 2.75) is 24.9 Å². The van der Waals surface area contributed by atoms with Crippen LogP contribution in [0.4, 0.5) is 5.82 Å². The largest absolute Gasteiger partial charge is 0.389 e. The van der Waals surface area contributed by atoms with Gasteiger partial charge in [-0.1, -0.05) is 12.2 Å². The Morgan fingerprint density at radius 1 is 1.48 bits per heavy atom. The second kappa shape index (κ2) is 5.95. The lowest BCUT2D eigenvalue weighted by atomic mass is 10.2. The summed E-state index contributed by atoms with van der Waals surface area (Å²) in [7, 11) is 0. The number of nitrogens with one attached hydrogen (secondary N) is 1. The van der Waals surface area contributed by atoms with Crippen molar-refractivity contribution < 1.29 is 9.53 Å². The maximum Gasteiger partial charge on any atom is 0.245 e. The van der Waals surface area contributed by atoms with Crippen LogP contribution >= 0.6 is 12.2 Å². The predicted octanol–water partition coefficient (Wildman–Crippen LogP) is 0.200. The molecule has 1 aliphatic carbocycles. The molecule has 3 rings (SSSR count). The SMILES string of the molecule is NC(=S)c1ccc(N2CCOCC2C(=O)NC2CC2)nc1. The molecule has 1 aliphatic heterocycles. The van der Waals surface area contributed by atoms with Gasteiger partial charge in [-0.25, -0.2) is 4.98 Å². The molecule has 21 heavy (non-hydrogen) atoms. The number of pyridine rings is 1. The summed E-state index contributed by atoms with van der Waals surface area (Å²) in [5.74, 6) is 0.756. The Bertz CT molecular complexity index is 544. The van der Waals surface area contributed by atoms with E-state index < -0.39 is 0 Å². The quantitative estimate of drug-likeness (QED) is 0.774. The van der Waals surface area contributed by atoms with Crippen LogP contribution in [0.1, 0.15) is 18.4 Å². The first-order valence-electron chi connectivity index (χ1n) is 7.06. The average Bonchev–Trinajstić information content (AvgIpc) is 3.31. The van der Waals surface area contributed by atoms with Crippen LogP contribution < -0.4 is 16.0 Å². The first-order chi connectivity index (χ1) is 10.1. The minimum absolute atomic E-state index is 0.0115. The van der Waals surface area contributed by atoms with Gasteiger partial charge in [-0.3, -0.25) is 4.79 Å². The van der Waals surface area contributed by atoms with Crippen LogP contribution in [0.3, 0.4) is 0 Å². The monoisotopic (exact) mass is 306 g/mol. The molecule has 1 atom stereocenters. The molecular formula is C14H18N4O2S. The summed E-state index contributed by atoms with van der Waals surface area (Å²) in [5, 5.41) is 3.02. The van der Waals surface area contributed by atoms with Gasteiger partial charge in [-0.15, -0.1) is 0 Å². The standard InChI is InChI=1S/C14H18N4O2S/c15-13(21)9-1-4-12(16-7-9)18-5-6-20-8-11(18)14(19)17-10-2-3-10/h1,4,7,10-11H,2-3,5-6,8H2,(H2,15,21)(H,17,19). The van der Waals surface area contributed by atoms with E-state index in [4.69, 9.17) is 22.7 Å². The van der Waals surface area contributed by atoms with E-state index in [1.165, 1.54) is 0 Å². The van der Waals surface area contributed by atoms with Crippen LogP contribution in [0.25, 0.3) is 0 Å². The van der Waals surface area contributed by atoms with Gasteiger partial charge in [0.1, 0.15) is 16.8 Å². The molecule has 2 heterocycles. The minimum Gasteiger partial charge on any atom is -0.389 e. The maximum absolute atomic E-state index is 12.3. The van der Waals surface area contributed by atoms with Crippen molar-refractivity contribution in [2.75, 3.05) is 24.7 Å². The number of ether oxygens (including phenoxy) is 1. The fraction of sp³-hybridized carbons (Fsp3) is 0.500. The number of rotatable bonds is 4. The number of morpholine rings is 1. The molecule has 1 aromatic heterocycles. The summed E-state index contributed by atoms with van der Waals surface area (Å²) in [6.07, 6.45) is 3.78. The Hall–Kier alpha value is -1.73. The second-order valence-electron chi connectivity index (χ2n) is 5.34. The van der Waals surface area contributed by atoms with Gasteiger partial charge in [-0.2, -0.15) is 0 Å². The van der Waals surface area contributed by atoms with E-state index in [2.05, 4.69) is 10.3 Å². The highest BCUT2D eigenvalue weighted by Gasteiger charge is 2.33. The number of carbonyl (C=O) groups excluding carboxylic acids is 1. The molecule has 7 heteroatoms. The van der Waals surface area contributed by atoms with Crippen LogP contribution in [0, 0.1) is 0 Å². The maximum atomic E-state index is 12.3. The van der Waals surface area contributed by atoms with Crippen molar-refractivity contribution in [2.24, 2.45) is 5.73 Å². The summed E-state index contributed by atoms with van der Waals surface area (Å²) >= 11 is 4.92. The van der Waals surface area contributed by atoms with Crippen molar-refractivity contribution in [1.82, 2.24) is 10.3 Å². The Morgan fingerprint density at radius 3 is 2.90 bits per heavy atom. The van der Waals surface area contributed by atoms with Crippen LogP contribution in [-0.4, -0.2) is 47.7 Å². The third-order valence-electron chi connectivity index (χ3n) is 3.68. The highest BCUT2D eigenvalue weighted by molar-refractivity contribution is 7.80. The molecule has 0 radical (unpaired) electrons. The van der Waals surface area contributed by atoms with E-state index in [0.717, 1.165) is 24.2 Å². The number of aromatic nitrogens is 1. The highest BCUT2D eigenvalue weighted by Crippen LogP contribution is 2.21. The van der Waals surface area contributed by atoms with Gasteiger partial charge in [0.25, 0.3) is 0 Å². The summed E-state index contributed by atoms with van der Waals surface area (Å²) < 4.78 is 5.45. The Labute approximate surface area is 128 Å². The van der Waals surface area contributed by atoms with Crippen molar-refractivity contribution in [3.8, 4) is 0 Å². The third kappa shape index (κ3) is 3.30. The number of amides is 1. The fourth-order valence-corrected chi connectivity index (χ4v) is 2.44. The molecule has 0 aromatic carbocycles. The lowest BCUT2D eigenvalue weighted by Gasteiger charge is -2.35. The smallest absolute Gasteiger partial charge is 0.245 e. The van der Waals surface area contributed by atoms with E-state index in [-0.39, 0.29) is 11.9 Å². The first kappa shape index (κ1) is 14.2. The molecule has 1 amide bonds. The minimum atomic E-state index is -0.331. The van der Waals surface area contributed by atoms with Gasteiger partial charge in [0, 0.05) is 24.3 Å². The molecule has 6 nitrogen and oxygen atoms in total. The van der Waals surface area contributed by atoms with Gasteiger partial charge < -0.3 is 20.7 Å². The summed E-state index contributed by atoms with van der Waals surface area (Å²) in [6, 6.07) is 3.68. The van der Waals surface area contributed by atoms with Crippen molar-refractivity contribution in [3.63, 3.8) is 0 Å². The van der Waals surface area contributed by atoms with Gasteiger partial charge in [0.2, 0.25) is 5.91 Å². The number of thiocarbonyl (C=S) groups is 1. The molecular weight excluding hydrogens is 288 g/mol. The van der Waals surface area contributed by atoms with E-state index >= 15 is 0 Å². The zero-order valence-corrected chi connectivity index (χ0v) is 12.4. The van der Waals surface area contributed by atoms with Crippen molar-refractivity contribution in [1.29, 1.82) is 0 Å². The van der Waals surface area contributed by atoms with Crippen LogP contribution in [0.2, 0.25) is 0 Å². The van der Waals surface area contributed by atoms with Crippen LogP contribution in [-0.2, 0) is 9.53 Å². The lowest BCUT2D eigenvalue weighted by Crippen LogP contribution is -2.54. The van der Waals surface area contributed by atoms with E-state index in [0.29, 0.717) is 30.8 Å². The number of nitrogens with zero attached hydrogens (tertiary/aromatic N) is 2. The number of hydrogen-bond donors (Lipinski definition) is 2. The van der Waals surface area contributed by atoms with E-state index in [1.54, 1.807) is 6.20 Å². The molecule has 2 aliphatic rings. The summed E-state index contributed by atoms with van der Waals surface area (Å²) in [4.78, 5) is 19.0. The molecule has 2 fully saturated rings. The second-order valence-corrected chi connectivity index (χ2v) is 5.78. The van der Waals surface area contributed by atoms with Gasteiger partial charge in [0.05, 0.1) is 13.2 Å². The zero-order valence-electron chi connectivity index (χ0n) is 11.6. The Morgan fingerprint density at radius 2 is 2.29 bits per heavy atom. The summed E-state index contributed by atoms with van der Waals surface area (Å²) in [6.45, 7) is 1.62. The molecule has 1 saturated heterocycles. The third-order valence-corrected chi connectivity index (χ3v) is 3.92. The number of nitrogens with two attached hydrogens (primary N) is 1. The Balaban J connectivity index is 1.76. The predicted molar refractivity (Wildman–Crippen MR) is 83.2 cm³/mol. The fourth-order valence-electron chi connectivity index (χ4n) is 2.32. The van der Waals surface area contributed by atoms with E-state index in [1.807, 2.05) is 17.0 Å². The summed E-state index contributed by atoms with van der Waals surface area (Å²) in [5.41, 5.74) is 6.30.